The van der Waals surface area contributed by atoms with E-state index >= 15 is 0 Å². The first-order valence-electron chi connectivity index (χ1n) is 8.79. The Morgan fingerprint density at radius 3 is 2.57 bits per heavy atom. The van der Waals surface area contributed by atoms with E-state index in [1.54, 1.807) is 4.31 Å². The number of likely N-dealkylation sites (N-methyl/N-ethyl adjacent to an activating group) is 1. The van der Waals surface area contributed by atoms with Crippen molar-refractivity contribution in [1.29, 1.82) is 0 Å². The highest BCUT2D eigenvalue weighted by atomic mass is 32.2. The Balaban J connectivity index is 1.71. The van der Waals surface area contributed by atoms with Gasteiger partial charge < -0.3 is 9.80 Å². The van der Waals surface area contributed by atoms with Crippen LogP contribution >= 0.6 is 0 Å². The van der Waals surface area contributed by atoms with Crippen molar-refractivity contribution >= 4 is 15.9 Å². The average molecular weight is 343 g/mol. The predicted octanol–water partition coefficient (Wildman–Crippen LogP) is 0.887. The summed E-state index contributed by atoms with van der Waals surface area (Å²) >= 11 is 0. The fraction of sp³-hybridized carbons (Fsp3) is 0.938. The van der Waals surface area contributed by atoms with E-state index in [1.807, 2.05) is 14.1 Å². The summed E-state index contributed by atoms with van der Waals surface area (Å²) in [4.78, 5) is 16.5. The van der Waals surface area contributed by atoms with Crippen LogP contribution in [0.15, 0.2) is 0 Å². The quantitative estimate of drug-likeness (QED) is 0.744. The van der Waals surface area contributed by atoms with E-state index in [1.165, 1.54) is 0 Å². The van der Waals surface area contributed by atoms with Crippen molar-refractivity contribution in [3.8, 4) is 0 Å². The summed E-state index contributed by atoms with van der Waals surface area (Å²) in [5, 5.41) is -0.133. The lowest BCUT2D eigenvalue weighted by molar-refractivity contribution is -0.131. The molecule has 1 saturated carbocycles. The minimum Gasteiger partial charge on any atom is -0.336 e. The maximum atomic E-state index is 12.5. The van der Waals surface area contributed by atoms with Crippen LogP contribution in [0.1, 0.15) is 44.9 Å². The van der Waals surface area contributed by atoms with E-state index in [0.29, 0.717) is 19.5 Å². The van der Waals surface area contributed by atoms with Crippen LogP contribution in [0.25, 0.3) is 0 Å². The summed E-state index contributed by atoms with van der Waals surface area (Å²) in [7, 11) is 0.943. The number of nitrogens with zero attached hydrogens (tertiary/aromatic N) is 3. The maximum absolute atomic E-state index is 12.5. The van der Waals surface area contributed by atoms with Gasteiger partial charge >= 0.3 is 0 Å². The van der Waals surface area contributed by atoms with Crippen molar-refractivity contribution in [3.05, 3.63) is 0 Å². The molecule has 1 amide bonds. The maximum Gasteiger partial charge on any atom is 0.223 e. The van der Waals surface area contributed by atoms with Gasteiger partial charge in [-0.3, -0.25) is 4.79 Å². The van der Waals surface area contributed by atoms with Crippen LogP contribution in [0.3, 0.4) is 0 Å². The average Bonchev–Trinajstić information content (AvgIpc) is 3.29. The van der Waals surface area contributed by atoms with E-state index in [-0.39, 0.29) is 16.7 Å². The van der Waals surface area contributed by atoms with Gasteiger partial charge in [0.1, 0.15) is 0 Å². The molecule has 7 heteroatoms. The molecule has 132 valence electrons. The molecule has 2 heterocycles. The Labute approximate surface area is 139 Å². The first kappa shape index (κ1) is 17.2. The minimum atomic E-state index is -3.09. The smallest absolute Gasteiger partial charge is 0.223 e. The van der Waals surface area contributed by atoms with Gasteiger partial charge in [0.2, 0.25) is 15.9 Å². The fourth-order valence-electron chi connectivity index (χ4n) is 4.04. The summed E-state index contributed by atoms with van der Waals surface area (Å²) in [6.45, 7) is 2.81. The third-order valence-corrected chi connectivity index (χ3v) is 8.03. The second-order valence-corrected chi connectivity index (χ2v) is 9.78. The second-order valence-electron chi connectivity index (χ2n) is 7.57. The van der Waals surface area contributed by atoms with Crippen LogP contribution in [0, 0.1) is 0 Å². The molecule has 2 saturated heterocycles. The van der Waals surface area contributed by atoms with Crippen molar-refractivity contribution in [1.82, 2.24) is 14.1 Å². The summed E-state index contributed by atoms with van der Waals surface area (Å²) in [5.41, 5.74) is -0.110. The number of sulfonamides is 1. The first-order valence-corrected chi connectivity index (χ1v) is 10.3. The molecule has 2 aliphatic heterocycles. The lowest BCUT2D eigenvalue weighted by atomic mass is 9.88. The van der Waals surface area contributed by atoms with E-state index in [9.17, 15) is 13.2 Å². The summed E-state index contributed by atoms with van der Waals surface area (Å²) in [5.74, 6) is 0.241. The molecule has 3 aliphatic rings. The van der Waals surface area contributed by atoms with Gasteiger partial charge in [-0.25, -0.2) is 12.7 Å². The van der Waals surface area contributed by atoms with Gasteiger partial charge in [0, 0.05) is 38.1 Å². The van der Waals surface area contributed by atoms with Crippen molar-refractivity contribution in [2.24, 2.45) is 0 Å². The van der Waals surface area contributed by atoms with Crippen LogP contribution in [0.5, 0.6) is 0 Å². The van der Waals surface area contributed by atoms with Gasteiger partial charge in [0.15, 0.2) is 0 Å². The Bertz CT molecular complexity index is 559. The highest BCUT2D eigenvalue weighted by Gasteiger charge is 2.48. The lowest BCUT2D eigenvalue weighted by Crippen LogP contribution is -2.49. The largest absolute Gasteiger partial charge is 0.336 e. The minimum absolute atomic E-state index is 0.110. The highest BCUT2D eigenvalue weighted by Crippen LogP contribution is 2.40. The molecule has 1 atom stereocenters. The third-order valence-electron chi connectivity index (χ3n) is 5.63. The molecule has 1 spiro atoms. The van der Waals surface area contributed by atoms with Crippen molar-refractivity contribution < 1.29 is 13.2 Å². The first-order chi connectivity index (χ1) is 10.8. The van der Waals surface area contributed by atoms with E-state index in [4.69, 9.17) is 0 Å². The number of hydrogen-bond donors (Lipinski definition) is 0. The van der Waals surface area contributed by atoms with Crippen molar-refractivity contribution in [2.75, 3.05) is 40.3 Å². The molecule has 1 unspecified atom stereocenters. The zero-order valence-electron chi connectivity index (χ0n) is 14.3. The van der Waals surface area contributed by atoms with Gasteiger partial charge in [-0.15, -0.1) is 0 Å². The molecule has 0 aromatic carbocycles. The van der Waals surface area contributed by atoms with Gasteiger partial charge in [-0.2, -0.15) is 0 Å². The predicted molar refractivity (Wildman–Crippen MR) is 89.6 cm³/mol. The van der Waals surface area contributed by atoms with Crippen LogP contribution in [-0.4, -0.2) is 79.5 Å². The SMILES string of the molecule is CN(C)CCN1C(=O)CCC12CCCN(S(=O)(=O)C1CC1)CC2. The van der Waals surface area contributed by atoms with Gasteiger partial charge in [-0.05, 0) is 52.6 Å². The Hall–Kier alpha value is -0.660. The van der Waals surface area contributed by atoms with E-state index < -0.39 is 10.0 Å². The van der Waals surface area contributed by atoms with Crippen molar-refractivity contribution in [2.45, 2.75) is 55.7 Å². The molecule has 3 rings (SSSR count). The Morgan fingerprint density at radius 2 is 1.91 bits per heavy atom. The molecule has 3 fully saturated rings. The lowest BCUT2D eigenvalue weighted by Gasteiger charge is -2.38. The molecule has 1 aliphatic carbocycles. The Morgan fingerprint density at radius 1 is 1.17 bits per heavy atom. The van der Waals surface area contributed by atoms with Gasteiger partial charge in [0.25, 0.3) is 0 Å². The van der Waals surface area contributed by atoms with Gasteiger partial charge in [0.05, 0.1) is 5.25 Å². The van der Waals surface area contributed by atoms with E-state index in [0.717, 1.165) is 51.6 Å². The molecule has 6 nitrogen and oxygen atoms in total. The second kappa shape index (κ2) is 6.33. The monoisotopic (exact) mass is 343 g/mol. The summed E-state index contributed by atoms with van der Waals surface area (Å²) in [6, 6.07) is 0. The molecule has 23 heavy (non-hydrogen) atoms. The zero-order valence-corrected chi connectivity index (χ0v) is 15.1. The summed E-state index contributed by atoms with van der Waals surface area (Å²) < 4.78 is 26.7. The summed E-state index contributed by atoms with van der Waals surface area (Å²) in [6.07, 6.45) is 5.72. The number of likely N-dealkylation sites (tertiary alicyclic amines) is 1. The van der Waals surface area contributed by atoms with Gasteiger partial charge in [-0.1, -0.05) is 0 Å². The van der Waals surface area contributed by atoms with E-state index in [2.05, 4.69) is 9.80 Å². The Kier molecular flexibility index (Phi) is 4.73. The number of carbonyl (C=O) groups is 1. The molecule has 0 aromatic heterocycles. The number of carbonyl (C=O) groups excluding carboxylic acids is 1. The standard InChI is InChI=1S/C16H29N3O3S/c1-17(2)12-13-19-15(20)6-8-16(19)7-3-10-18(11-9-16)23(21,22)14-4-5-14/h14H,3-13H2,1-2H3. The third kappa shape index (κ3) is 3.42. The number of amides is 1. The zero-order chi connectivity index (χ0) is 16.7. The number of rotatable bonds is 5. The fourth-order valence-corrected chi connectivity index (χ4v) is 5.92. The van der Waals surface area contributed by atoms with Crippen LogP contribution in [0.2, 0.25) is 0 Å². The molecule has 0 N–H and O–H groups in total. The highest BCUT2D eigenvalue weighted by molar-refractivity contribution is 7.90. The molecular weight excluding hydrogens is 314 g/mol. The molecular formula is C16H29N3O3S. The van der Waals surface area contributed by atoms with Crippen LogP contribution < -0.4 is 0 Å². The van der Waals surface area contributed by atoms with Crippen molar-refractivity contribution in [3.63, 3.8) is 0 Å². The van der Waals surface area contributed by atoms with Crippen LogP contribution in [-0.2, 0) is 14.8 Å². The molecule has 0 radical (unpaired) electrons. The number of hydrogen-bond acceptors (Lipinski definition) is 4. The normalized spacial score (nSPS) is 30.4. The molecule has 0 aromatic rings. The topological polar surface area (TPSA) is 60.9 Å². The van der Waals surface area contributed by atoms with Crippen LogP contribution in [0.4, 0.5) is 0 Å². The molecule has 0 bridgehead atoms.